The third kappa shape index (κ3) is 6.93. The first kappa shape index (κ1) is 28.3. The maximum Gasteiger partial charge on any atom is 0.209 e. The van der Waals surface area contributed by atoms with E-state index in [4.69, 9.17) is 4.74 Å². The Morgan fingerprint density at radius 3 is 2.31 bits per heavy atom. The molecule has 5 nitrogen and oxygen atoms in total. The van der Waals surface area contributed by atoms with Gasteiger partial charge < -0.3 is 14.5 Å². The van der Waals surface area contributed by atoms with Crippen molar-refractivity contribution < 1.29 is 9.53 Å². The molecule has 0 spiro atoms. The largest absolute Gasteiger partial charge is 0.370 e. The topological polar surface area (TPSA) is 36.0 Å². The highest BCUT2D eigenvalue weighted by atomic mass is 35.5. The summed E-state index contributed by atoms with van der Waals surface area (Å²) in [5.41, 5.74) is 4.65. The molecule has 6 heteroatoms. The Labute approximate surface area is 220 Å². The van der Waals surface area contributed by atoms with Gasteiger partial charge in [0.05, 0.1) is 13.2 Å². The number of para-hydroxylation sites is 1. The van der Waals surface area contributed by atoms with Crippen LogP contribution in [0.25, 0.3) is 0 Å². The van der Waals surface area contributed by atoms with Crippen LogP contribution >= 0.6 is 12.4 Å². The van der Waals surface area contributed by atoms with Crippen molar-refractivity contribution in [1.82, 2.24) is 9.80 Å². The SMILES string of the molecule is CCCCN1CCN(c2c(C3CCC(C(C)(C)C)CC3)cccc2C2CN(C=O)CCO2)CC1.Cl. The maximum atomic E-state index is 11.5. The van der Waals surface area contributed by atoms with Gasteiger partial charge in [0, 0.05) is 44.0 Å². The fourth-order valence-electron chi connectivity index (χ4n) is 6.33. The zero-order chi connectivity index (χ0) is 24.1. The van der Waals surface area contributed by atoms with E-state index in [0.29, 0.717) is 31.0 Å². The number of amides is 1. The number of ether oxygens (including phenoxy) is 1. The molecule has 3 fully saturated rings. The molecule has 0 bridgehead atoms. The van der Waals surface area contributed by atoms with Crippen molar-refractivity contribution in [2.24, 2.45) is 11.3 Å². The highest BCUT2D eigenvalue weighted by molar-refractivity contribution is 5.85. The third-order valence-electron chi connectivity index (χ3n) is 8.60. The molecular formula is C29H48ClN3O2. The predicted octanol–water partition coefficient (Wildman–Crippen LogP) is 5.88. The lowest BCUT2D eigenvalue weighted by Crippen LogP contribution is -2.47. The van der Waals surface area contributed by atoms with Gasteiger partial charge in [0.1, 0.15) is 6.10 Å². The van der Waals surface area contributed by atoms with Gasteiger partial charge in [-0.15, -0.1) is 12.4 Å². The summed E-state index contributed by atoms with van der Waals surface area (Å²) in [6, 6.07) is 6.90. The highest BCUT2D eigenvalue weighted by Crippen LogP contribution is 2.47. The number of unbranched alkanes of at least 4 members (excludes halogenated alkanes) is 1. The molecule has 1 aromatic carbocycles. The molecule has 0 N–H and O–H groups in total. The van der Waals surface area contributed by atoms with Crippen LogP contribution in [-0.4, -0.2) is 68.6 Å². The highest BCUT2D eigenvalue weighted by Gasteiger charge is 2.34. The van der Waals surface area contributed by atoms with Gasteiger partial charge in [-0.25, -0.2) is 0 Å². The van der Waals surface area contributed by atoms with Crippen molar-refractivity contribution in [3.05, 3.63) is 29.3 Å². The smallest absolute Gasteiger partial charge is 0.209 e. The van der Waals surface area contributed by atoms with Crippen LogP contribution in [0.3, 0.4) is 0 Å². The van der Waals surface area contributed by atoms with Crippen molar-refractivity contribution in [2.75, 3.05) is 57.3 Å². The molecule has 198 valence electrons. The fraction of sp³-hybridized carbons (Fsp3) is 0.759. The van der Waals surface area contributed by atoms with Gasteiger partial charge in [-0.2, -0.15) is 0 Å². The van der Waals surface area contributed by atoms with Crippen LogP contribution in [0.5, 0.6) is 0 Å². The monoisotopic (exact) mass is 505 g/mol. The number of carbonyl (C=O) groups excluding carboxylic acids is 1. The van der Waals surface area contributed by atoms with Gasteiger partial charge in [-0.1, -0.05) is 52.3 Å². The number of nitrogens with zero attached hydrogens (tertiary/aromatic N) is 3. The summed E-state index contributed by atoms with van der Waals surface area (Å²) in [5, 5.41) is 0. The van der Waals surface area contributed by atoms with Gasteiger partial charge >= 0.3 is 0 Å². The van der Waals surface area contributed by atoms with Gasteiger partial charge in [0.15, 0.2) is 0 Å². The molecular weight excluding hydrogens is 458 g/mol. The molecule has 2 heterocycles. The number of rotatable bonds is 7. The van der Waals surface area contributed by atoms with Gasteiger partial charge in [0.25, 0.3) is 0 Å². The van der Waals surface area contributed by atoms with E-state index in [0.717, 1.165) is 38.5 Å². The molecule has 35 heavy (non-hydrogen) atoms. The Hall–Kier alpha value is -1.30. The van der Waals surface area contributed by atoms with E-state index in [9.17, 15) is 4.79 Å². The van der Waals surface area contributed by atoms with Crippen LogP contribution in [0.4, 0.5) is 5.69 Å². The summed E-state index contributed by atoms with van der Waals surface area (Å²) in [7, 11) is 0. The van der Waals surface area contributed by atoms with Gasteiger partial charge in [-0.3, -0.25) is 9.69 Å². The molecule has 2 saturated heterocycles. The first-order chi connectivity index (χ1) is 16.4. The molecule has 3 aliphatic rings. The minimum Gasteiger partial charge on any atom is -0.370 e. The zero-order valence-corrected chi connectivity index (χ0v) is 23.3. The van der Waals surface area contributed by atoms with Crippen LogP contribution in [0, 0.1) is 11.3 Å². The molecule has 0 radical (unpaired) electrons. The molecule has 1 atom stereocenters. The number of hydrogen-bond donors (Lipinski definition) is 0. The van der Waals surface area contributed by atoms with E-state index in [1.54, 1.807) is 0 Å². The molecule has 4 rings (SSSR count). The number of piperazine rings is 1. The molecule has 1 saturated carbocycles. The first-order valence-electron chi connectivity index (χ1n) is 13.8. The van der Waals surface area contributed by atoms with Crippen molar-refractivity contribution in [3.8, 4) is 0 Å². The lowest BCUT2D eigenvalue weighted by Gasteiger charge is -2.42. The maximum absolute atomic E-state index is 11.5. The number of anilines is 1. The van der Waals surface area contributed by atoms with Crippen LogP contribution in [0.15, 0.2) is 18.2 Å². The molecule has 2 aliphatic heterocycles. The van der Waals surface area contributed by atoms with Crippen molar-refractivity contribution in [1.29, 1.82) is 0 Å². The van der Waals surface area contributed by atoms with E-state index in [2.05, 4.69) is 55.7 Å². The average Bonchev–Trinajstić information content (AvgIpc) is 2.87. The summed E-state index contributed by atoms with van der Waals surface area (Å²) in [4.78, 5) is 18.7. The summed E-state index contributed by atoms with van der Waals surface area (Å²) in [6.45, 7) is 17.1. The average molecular weight is 506 g/mol. The van der Waals surface area contributed by atoms with E-state index < -0.39 is 0 Å². The third-order valence-corrected chi connectivity index (χ3v) is 8.60. The second-order valence-electron chi connectivity index (χ2n) is 11.8. The molecule has 1 aliphatic carbocycles. The lowest BCUT2D eigenvalue weighted by molar-refractivity contribution is -0.125. The van der Waals surface area contributed by atoms with Crippen molar-refractivity contribution in [3.63, 3.8) is 0 Å². The molecule has 0 aromatic heterocycles. The molecule has 1 amide bonds. The minimum atomic E-state index is -0.0297. The second-order valence-corrected chi connectivity index (χ2v) is 11.8. The van der Waals surface area contributed by atoms with Crippen LogP contribution in [-0.2, 0) is 9.53 Å². The Balaban J connectivity index is 0.00000342. The minimum absolute atomic E-state index is 0. The van der Waals surface area contributed by atoms with Gasteiger partial charge in [0.2, 0.25) is 6.41 Å². The predicted molar refractivity (Wildman–Crippen MR) is 148 cm³/mol. The van der Waals surface area contributed by atoms with Crippen LogP contribution in [0.2, 0.25) is 0 Å². The quantitative estimate of drug-likeness (QED) is 0.433. The zero-order valence-electron chi connectivity index (χ0n) is 22.5. The fourth-order valence-corrected chi connectivity index (χ4v) is 6.33. The van der Waals surface area contributed by atoms with E-state index in [-0.39, 0.29) is 18.5 Å². The first-order valence-corrected chi connectivity index (χ1v) is 13.8. The summed E-state index contributed by atoms with van der Waals surface area (Å²) < 4.78 is 6.27. The summed E-state index contributed by atoms with van der Waals surface area (Å²) >= 11 is 0. The Bertz CT molecular complexity index is 796. The van der Waals surface area contributed by atoms with Gasteiger partial charge in [-0.05, 0) is 61.5 Å². The molecule has 1 aromatic rings. The molecule has 1 unspecified atom stereocenters. The van der Waals surface area contributed by atoms with Crippen molar-refractivity contribution in [2.45, 2.75) is 78.2 Å². The number of halogens is 1. The second kappa shape index (κ2) is 12.8. The Morgan fingerprint density at radius 2 is 1.69 bits per heavy atom. The van der Waals surface area contributed by atoms with Crippen LogP contribution in [0.1, 0.15) is 89.4 Å². The number of morpholine rings is 1. The Kier molecular flexibility index (Phi) is 10.3. The Morgan fingerprint density at radius 1 is 1.00 bits per heavy atom. The standard InChI is InChI=1S/C29H47N3O2.ClH/c1-5-6-14-30-15-17-32(18-16-30)28-25(23-10-12-24(13-11-23)29(2,3)4)8-7-9-26(28)27-21-31(22-33)19-20-34-27;/h7-9,22-24,27H,5-6,10-21H2,1-4H3;1H. The number of carbonyl (C=O) groups is 1. The number of hydrogen-bond acceptors (Lipinski definition) is 4. The normalized spacial score (nSPS) is 26.3. The van der Waals surface area contributed by atoms with Crippen molar-refractivity contribution >= 4 is 24.5 Å². The lowest BCUT2D eigenvalue weighted by atomic mass is 9.68. The summed E-state index contributed by atoms with van der Waals surface area (Å²) in [5.74, 6) is 1.44. The number of benzene rings is 1. The van der Waals surface area contributed by atoms with E-state index in [1.165, 1.54) is 61.9 Å². The van der Waals surface area contributed by atoms with E-state index >= 15 is 0 Å². The summed E-state index contributed by atoms with van der Waals surface area (Å²) in [6.07, 6.45) is 8.70. The van der Waals surface area contributed by atoms with Crippen LogP contribution < -0.4 is 4.90 Å². The van der Waals surface area contributed by atoms with E-state index in [1.807, 2.05) is 4.90 Å².